The monoisotopic (exact) mass is 205 g/mol. The predicted octanol–water partition coefficient (Wildman–Crippen LogP) is 1.15. The number of methoxy groups -OCH3 is 1. The molecule has 0 unspecified atom stereocenters. The first kappa shape index (κ1) is 11.2. The Bertz CT molecular complexity index is 432. The highest BCUT2D eigenvalue weighted by atomic mass is 16.5. The number of hydrogen-bond donors (Lipinski definition) is 1. The zero-order valence-corrected chi connectivity index (χ0v) is 8.57. The fourth-order valence-corrected chi connectivity index (χ4v) is 1.41. The summed E-state index contributed by atoms with van der Waals surface area (Å²) >= 11 is 0. The fraction of sp³-hybridized carbons (Fsp3) is 0.273. The number of hydrogen-bond acceptors (Lipinski definition) is 4. The zero-order valence-electron chi connectivity index (χ0n) is 8.57. The van der Waals surface area contributed by atoms with E-state index in [1.165, 1.54) is 7.11 Å². The van der Waals surface area contributed by atoms with Crippen LogP contribution < -0.4 is 0 Å². The normalized spacial score (nSPS) is 9.47. The van der Waals surface area contributed by atoms with Gasteiger partial charge in [-0.25, -0.2) is 4.79 Å². The van der Waals surface area contributed by atoms with Gasteiger partial charge in [-0.05, 0) is 24.1 Å². The van der Waals surface area contributed by atoms with Crippen molar-refractivity contribution in [2.75, 3.05) is 7.11 Å². The smallest absolute Gasteiger partial charge is 0.338 e. The number of aliphatic hydroxyl groups excluding tert-OH is 1. The van der Waals surface area contributed by atoms with E-state index in [0.29, 0.717) is 16.7 Å². The topological polar surface area (TPSA) is 70.3 Å². The van der Waals surface area contributed by atoms with Gasteiger partial charge in [0.1, 0.15) is 0 Å². The number of aliphatic hydroxyl groups is 1. The highest BCUT2D eigenvalue weighted by Crippen LogP contribution is 2.19. The standard InChI is InChI=1S/C11H11NO3/c1-7-8(5-12)3-4-9(6-13)10(7)11(14)15-2/h3-4,13H,6H2,1-2H3. The lowest BCUT2D eigenvalue weighted by molar-refractivity contribution is 0.0596. The van der Waals surface area contributed by atoms with E-state index < -0.39 is 5.97 Å². The quantitative estimate of drug-likeness (QED) is 0.735. The first-order chi connectivity index (χ1) is 7.15. The maximum absolute atomic E-state index is 11.4. The third kappa shape index (κ3) is 1.97. The molecular weight excluding hydrogens is 194 g/mol. The van der Waals surface area contributed by atoms with Gasteiger partial charge in [-0.15, -0.1) is 0 Å². The van der Waals surface area contributed by atoms with E-state index in [4.69, 9.17) is 10.4 Å². The van der Waals surface area contributed by atoms with Crippen LogP contribution in [0.3, 0.4) is 0 Å². The molecule has 1 rings (SSSR count). The number of ether oxygens (including phenoxy) is 1. The van der Waals surface area contributed by atoms with E-state index >= 15 is 0 Å². The van der Waals surface area contributed by atoms with Crippen LogP contribution in [0.1, 0.15) is 27.0 Å². The van der Waals surface area contributed by atoms with Crippen molar-refractivity contribution < 1.29 is 14.6 Å². The molecule has 15 heavy (non-hydrogen) atoms. The molecule has 0 aromatic heterocycles. The summed E-state index contributed by atoms with van der Waals surface area (Å²) in [6.45, 7) is 1.40. The van der Waals surface area contributed by atoms with Crippen LogP contribution in [-0.4, -0.2) is 18.2 Å². The van der Waals surface area contributed by atoms with Crippen LogP contribution in [0, 0.1) is 18.3 Å². The van der Waals surface area contributed by atoms with Gasteiger partial charge in [0.05, 0.1) is 30.9 Å². The van der Waals surface area contributed by atoms with E-state index in [2.05, 4.69) is 4.74 Å². The highest BCUT2D eigenvalue weighted by Gasteiger charge is 2.16. The van der Waals surface area contributed by atoms with Crippen LogP contribution in [0.15, 0.2) is 12.1 Å². The molecule has 0 atom stereocenters. The molecule has 78 valence electrons. The van der Waals surface area contributed by atoms with Crippen LogP contribution in [0.25, 0.3) is 0 Å². The number of carbonyl (C=O) groups is 1. The molecule has 0 amide bonds. The van der Waals surface area contributed by atoms with Gasteiger partial charge in [0.25, 0.3) is 0 Å². The first-order valence-corrected chi connectivity index (χ1v) is 4.37. The Morgan fingerprint density at radius 3 is 2.73 bits per heavy atom. The van der Waals surface area contributed by atoms with Crippen molar-refractivity contribution in [2.45, 2.75) is 13.5 Å². The van der Waals surface area contributed by atoms with Crippen LogP contribution in [0.2, 0.25) is 0 Å². The number of benzene rings is 1. The predicted molar refractivity (Wildman–Crippen MR) is 53.2 cm³/mol. The third-order valence-corrected chi connectivity index (χ3v) is 2.23. The molecule has 0 aliphatic rings. The number of rotatable bonds is 2. The highest BCUT2D eigenvalue weighted by molar-refractivity contribution is 5.93. The molecule has 0 aliphatic carbocycles. The molecule has 1 N–H and O–H groups in total. The molecule has 0 saturated carbocycles. The minimum Gasteiger partial charge on any atom is -0.465 e. The summed E-state index contributed by atoms with van der Waals surface area (Å²) in [5, 5.41) is 17.9. The van der Waals surface area contributed by atoms with Crippen LogP contribution in [0.5, 0.6) is 0 Å². The summed E-state index contributed by atoms with van der Waals surface area (Å²) in [6.07, 6.45) is 0. The Morgan fingerprint density at radius 1 is 1.60 bits per heavy atom. The van der Waals surface area contributed by atoms with E-state index in [9.17, 15) is 4.79 Å². The Kier molecular flexibility index (Phi) is 3.42. The zero-order chi connectivity index (χ0) is 11.4. The number of nitrogens with zero attached hydrogens (tertiary/aromatic N) is 1. The average Bonchev–Trinajstić information content (AvgIpc) is 2.27. The molecule has 4 heteroatoms. The second kappa shape index (κ2) is 4.58. The molecule has 1 aromatic carbocycles. The van der Waals surface area contributed by atoms with Gasteiger partial charge in [-0.2, -0.15) is 5.26 Å². The molecule has 0 bridgehead atoms. The maximum atomic E-state index is 11.4. The average molecular weight is 205 g/mol. The number of carbonyl (C=O) groups excluding carboxylic acids is 1. The summed E-state index contributed by atoms with van der Waals surface area (Å²) in [4.78, 5) is 11.4. The fourth-order valence-electron chi connectivity index (χ4n) is 1.41. The van der Waals surface area contributed by atoms with Crippen LogP contribution in [-0.2, 0) is 11.3 Å². The van der Waals surface area contributed by atoms with E-state index in [1.54, 1.807) is 19.1 Å². The van der Waals surface area contributed by atoms with Gasteiger partial charge in [-0.3, -0.25) is 0 Å². The Morgan fingerprint density at radius 2 is 2.27 bits per heavy atom. The van der Waals surface area contributed by atoms with Gasteiger partial charge >= 0.3 is 5.97 Å². The van der Waals surface area contributed by atoms with Crippen molar-refractivity contribution in [3.8, 4) is 6.07 Å². The van der Waals surface area contributed by atoms with Crippen molar-refractivity contribution >= 4 is 5.97 Å². The van der Waals surface area contributed by atoms with E-state index in [1.807, 2.05) is 6.07 Å². The Balaban J connectivity index is 3.44. The molecule has 0 spiro atoms. The van der Waals surface area contributed by atoms with Gasteiger partial charge in [-0.1, -0.05) is 6.07 Å². The first-order valence-electron chi connectivity index (χ1n) is 4.37. The molecule has 0 fully saturated rings. The second-order valence-electron chi connectivity index (χ2n) is 3.03. The minimum atomic E-state index is -0.534. The van der Waals surface area contributed by atoms with Crippen molar-refractivity contribution in [2.24, 2.45) is 0 Å². The molecule has 0 saturated heterocycles. The summed E-state index contributed by atoms with van der Waals surface area (Å²) in [5.74, 6) is -0.534. The van der Waals surface area contributed by atoms with Crippen molar-refractivity contribution in [3.05, 3.63) is 34.4 Å². The van der Waals surface area contributed by atoms with E-state index in [0.717, 1.165) is 0 Å². The lowest BCUT2D eigenvalue weighted by Gasteiger charge is -2.09. The SMILES string of the molecule is COC(=O)c1c(CO)ccc(C#N)c1C. The lowest BCUT2D eigenvalue weighted by Crippen LogP contribution is -2.09. The van der Waals surface area contributed by atoms with E-state index in [-0.39, 0.29) is 12.2 Å². The van der Waals surface area contributed by atoms with Gasteiger partial charge in [0, 0.05) is 0 Å². The van der Waals surface area contributed by atoms with Crippen molar-refractivity contribution in [1.82, 2.24) is 0 Å². The van der Waals surface area contributed by atoms with Crippen molar-refractivity contribution in [3.63, 3.8) is 0 Å². The molecule has 0 aliphatic heterocycles. The molecular formula is C11H11NO3. The molecule has 0 heterocycles. The Labute approximate surface area is 87.7 Å². The minimum absolute atomic E-state index is 0.253. The maximum Gasteiger partial charge on any atom is 0.338 e. The van der Waals surface area contributed by atoms with Crippen LogP contribution in [0.4, 0.5) is 0 Å². The number of nitriles is 1. The Hall–Kier alpha value is -1.86. The third-order valence-electron chi connectivity index (χ3n) is 2.23. The molecule has 0 radical (unpaired) electrons. The molecule has 4 nitrogen and oxygen atoms in total. The summed E-state index contributed by atoms with van der Waals surface area (Å²) in [6, 6.07) is 5.11. The second-order valence-corrected chi connectivity index (χ2v) is 3.03. The largest absolute Gasteiger partial charge is 0.465 e. The summed E-state index contributed by atoms with van der Waals surface area (Å²) in [5.41, 5.74) is 1.70. The van der Waals surface area contributed by atoms with Gasteiger partial charge < -0.3 is 9.84 Å². The lowest BCUT2D eigenvalue weighted by atomic mass is 9.98. The van der Waals surface area contributed by atoms with Gasteiger partial charge in [0.2, 0.25) is 0 Å². The van der Waals surface area contributed by atoms with Crippen molar-refractivity contribution in [1.29, 1.82) is 5.26 Å². The number of esters is 1. The molecule has 1 aromatic rings. The summed E-state index contributed by atoms with van der Waals surface area (Å²) in [7, 11) is 1.27. The van der Waals surface area contributed by atoms with Gasteiger partial charge in [0.15, 0.2) is 0 Å². The van der Waals surface area contributed by atoms with Crippen LogP contribution >= 0.6 is 0 Å². The summed E-state index contributed by atoms with van der Waals surface area (Å²) < 4.78 is 4.60.